The Hall–Kier alpha value is -4.77. The van der Waals surface area contributed by atoms with Crippen LogP contribution in [0, 0.1) is 0 Å². The van der Waals surface area contributed by atoms with Crippen molar-refractivity contribution in [3.8, 4) is 0 Å². The monoisotopic (exact) mass is 407 g/mol. The second-order valence-electron chi connectivity index (χ2n) is 4.97. The van der Waals surface area contributed by atoms with Gasteiger partial charge in [-0.1, -0.05) is 0 Å². The fraction of sp³-hybridized carbons (Fsp3) is 0.182. The van der Waals surface area contributed by atoms with Crippen molar-refractivity contribution in [2.24, 2.45) is 0 Å². The number of nitrogen functional groups attached to an aromatic ring is 4. The molecule has 0 aliphatic heterocycles. The van der Waals surface area contributed by atoms with Crippen LogP contribution in [0.25, 0.3) is 0 Å². The average Bonchev–Trinajstić information content (AvgIpc) is 2.56. The molecular weight excluding hydrogens is 390 g/mol. The van der Waals surface area contributed by atoms with Gasteiger partial charge in [-0.2, -0.15) is 29.9 Å². The van der Waals surface area contributed by atoms with Crippen molar-refractivity contribution in [1.29, 1.82) is 0 Å². The molecule has 0 amide bonds. The second-order valence-corrected chi connectivity index (χ2v) is 4.97. The average molecular weight is 407 g/mol. The lowest BCUT2D eigenvalue weighted by Crippen LogP contribution is -2.34. The summed E-state index contributed by atoms with van der Waals surface area (Å²) in [6.45, 7) is 0.933. The summed E-state index contributed by atoms with van der Waals surface area (Å²) in [6, 6.07) is 0. The highest BCUT2D eigenvalue weighted by Gasteiger charge is 2.02. The van der Waals surface area contributed by atoms with Gasteiger partial charge in [-0.3, -0.25) is 15.0 Å². The van der Waals surface area contributed by atoms with Crippen LogP contribution in [0.1, 0.15) is 0 Å². The number of aromatic nitrogens is 9. The molecule has 3 rings (SSSR count). The van der Waals surface area contributed by atoms with E-state index >= 15 is 0 Å². The highest BCUT2D eigenvalue weighted by Crippen LogP contribution is 2.04. The van der Waals surface area contributed by atoms with Crippen LogP contribution in [0.3, 0.4) is 0 Å². The standard InChI is InChI=1S/C8H14N12.C3H3N3O3/c9-3-15-4(10)18-7(17-3)13-1-2-14-8-19-5(11)16-6(12)20-8;7-1-4-2(8)6-3(9)5-1/h1-2H2,(H5,9,10,13,15,17,18)(H5,11,12,14,16,19,20);(H3,4,5,6,7,8,9). The molecule has 0 aliphatic rings. The summed E-state index contributed by atoms with van der Waals surface area (Å²) in [7, 11) is 0. The number of nitrogens with one attached hydrogen (secondary N) is 5. The molecule has 0 radical (unpaired) electrons. The Labute approximate surface area is 159 Å². The minimum absolute atomic E-state index is 0.0472. The second kappa shape index (κ2) is 9.25. The summed E-state index contributed by atoms with van der Waals surface area (Å²) in [4.78, 5) is 58.7. The van der Waals surface area contributed by atoms with Crippen LogP contribution < -0.4 is 50.6 Å². The van der Waals surface area contributed by atoms with Crippen LogP contribution in [0.5, 0.6) is 0 Å². The molecule has 18 nitrogen and oxygen atoms in total. The molecule has 0 spiro atoms. The van der Waals surface area contributed by atoms with Crippen LogP contribution in [0.4, 0.5) is 35.7 Å². The van der Waals surface area contributed by atoms with E-state index in [9.17, 15) is 14.4 Å². The summed E-state index contributed by atoms with van der Waals surface area (Å²) >= 11 is 0. The minimum Gasteiger partial charge on any atom is -0.368 e. The maximum Gasteiger partial charge on any atom is 0.330 e. The molecule has 0 aromatic carbocycles. The summed E-state index contributed by atoms with van der Waals surface area (Å²) in [5.74, 6) is 0.756. The van der Waals surface area contributed by atoms with Gasteiger partial charge in [0.1, 0.15) is 0 Å². The van der Waals surface area contributed by atoms with E-state index in [2.05, 4.69) is 40.5 Å². The first-order valence-electron chi connectivity index (χ1n) is 7.66. The molecule has 3 aromatic rings. The fourth-order valence-corrected chi connectivity index (χ4v) is 1.73. The van der Waals surface area contributed by atoms with Gasteiger partial charge in [-0.05, 0) is 0 Å². The van der Waals surface area contributed by atoms with E-state index in [1.54, 1.807) is 15.0 Å². The first kappa shape index (κ1) is 20.5. The smallest absolute Gasteiger partial charge is 0.330 e. The van der Waals surface area contributed by atoms with Crippen molar-refractivity contribution >= 4 is 35.7 Å². The van der Waals surface area contributed by atoms with E-state index in [4.69, 9.17) is 22.9 Å². The lowest BCUT2D eigenvalue weighted by molar-refractivity contribution is 0.888. The van der Waals surface area contributed by atoms with Crippen molar-refractivity contribution in [2.45, 2.75) is 0 Å². The zero-order valence-corrected chi connectivity index (χ0v) is 14.6. The molecule has 0 bridgehead atoms. The van der Waals surface area contributed by atoms with E-state index in [-0.39, 0.29) is 35.7 Å². The van der Waals surface area contributed by atoms with E-state index in [1.807, 2.05) is 0 Å². The van der Waals surface area contributed by atoms with Gasteiger partial charge < -0.3 is 33.6 Å². The number of nitrogens with zero attached hydrogens (tertiary/aromatic N) is 6. The van der Waals surface area contributed by atoms with Gasteiger partial charge in [0.25, 0.3) is 0 Å². The van der Waals surface area contributed by atoms with Crippen molar-refractivity contribution < 1.29 is 0 Å². The van der Waals surface area contributed by atoms with Crippen molar-refractivity contribution in [1.82, 2.24) is 44.9 Å². The highest BCUT2D eigenvalue weighted by atomic mass is 16.2. The molecule has 154 valence electrons. The van der Waals surface area contributed by atoms with Gasteiger partial charge in [0, 0.05) is 13.1 Å². The minimum atomic E-state index is -0.802. The number of rotatable bonds is 5. The number of hydrogen-bond acceptors (Lipinski definition) is 15. The quantitative estimate of drug-likeness (QED) is 0.180. The molecule has 0 atom stereocenters. The molecule has 29 heavy (non-hydrogen) atoms. The lowest BCUT2D eigenvalue weighted by atomic mass is 10.6. The summed E-state index contributed by atoms with van der Waals surface area (Å²) in [6.07, 6.45) is 0. The maximum absolute atomic E-state index is 10.2. The predicted octanol–water partition coefficient (Wildman–Crippen LogP) is -4.34. The van der Waals surface area contributed by atoms with Gasteiger partial charge in [-0.15, -0.1) is 0 Å². The van der Waals surface area contributed by atoms with Crippen LogP contribution in [0.15, 0.2) is 14.4 Å². The number of aromatic amines is 3. The summed E-state index contributed by atoms with van der Waals surface area (Å²) < 4.78 is 0. The normalized spacial score (nSPS) is 9.93. The van der Waals surface area contributed by atoms with Gasteiger partial charge >= 0.3 is 17.1 Å². The zero-order chi connectivity index (χ0) is 21.4. The molecule has 0 saturated carbocycles. The van der Waals surface area contributed by atoms with Gasteiger partial charge in [0.2, 0.25) is 35.7 Å². The first-order chi connectivity index (χ1) is 13.7. The van der Waals surface area contributed by atoms with E-state index in [0.29, 0.717) is 13.1 Å². The van der Waals surface area contributed by atoms with Crippen molar-refractivity contribution in [3.05, 3.63) is 31.5 Å². The maximum atomic E-state index is 10.2. The molecule has 18 heteroatoms. The van der Waals surface area contributed by atoms with Gasteiger partial charge in [0.05, 0.1) is 0 Å². The number of nitrogens with two attached hydrogens (primary N) is 4. The van der Waals surface area contributed by atoms with Crippen LogP contribution >= 0.6 is 0 Å². The zero-order valence-electron chi connectivity index (χ0n) is 14.6. The van der Waals surface area contributed by atoms with Crippen molar-refractivity contribution in [2.75, 3.05) is 46.7 Å². The molecule has 0 saturated heterocycles. The third kappa shape index (κ3) is 7.16. The van der Waals surface area contributed by atoms with Crippen molar-refractivity contribution in [3.63, 3.8) is 0 Å². The third-order valence-corrected chi connectivity index (χ3v) is 2.71. The molecule has 0 unspecified atom stereocenters. The Morgan fingerprint density at radius 2 is 0.828 bits per heavy atom. The molecule has 0 fully saturated rings. The number of hydrogen-bond donors (Lipinski definition) is 9. The Kier molecular flexibility index (Phi) is 6.55. The lowest BCUT2D eigenvalue weighted by Gasteiger charge is -2.07. The molecule has 3 heterocycles. The van der Waals surface area contributed by atoms with Crippen LogP contribution in [0.2, 0.25) is 0 Å². The Balaban J connectivity index is 0.000000278. The third-order valence-electron chi connectivity index (χ3n) is 2.71. The molecular formula is C11H17N15O3. The topological polar surface area (TPSA) is 304 Å². The highest BCUT2D eigenvalue weighted by molar-refractivity contribution is 5.39. The van der Waals surface area contributed by atoms with Gasteiger partial charge in [0.15, 0.2) is 0 Å². The first-order valence-corrected chi connectivity index (χ1v) is 7.66. The van der Waals surface area contributed by atoms with Crippen LogP contribution in [-0.4, -0.2) is 57.9 Å². The SMILES string of the molecule is Nc1nc(N)nc(NCCNc2nc(N)nc(N)n2)n1.O=c1[nH]c(=O)[nH]c(=O)[nH]1. The molecule has 0 aliphatic carbocycles. The Bertz CT molecular complexity index is 963. The molecule has 13 N–H and O–H groups in total. The van der Waals surface area contributed by atoms with Gasteiger partial charge in [-0.25, -0.2) is 14.4 Å². The molecule has 3 aromatic heterocycles. The summed E-state index contributed by atoms with van der Waals surface area (Å²) in [5.41, 5.74) is 19.3. The summed E-state index contributed by atoms with van der Waals surface area (Å²) in [5, 5.41) is 5.81. The van der Waals surface area contributed by atoms with Crippen LogP contribution in [-0.2, 0) is 0 Å². The van der Waals surface area contributed by atoms with E-state index in [0.717, 1.165) is 0 Å². The fourth-order valence-electron chi connectivity index (χ4n) is 1.73. The number of anilines is 6. The van der Waals surface area contributed by atoms with E-state index in [1.165, 1.54) is 0 Å². The predicted molar refractivity (Wildman–Crippen MR) is 103 cm³/mol. The Morgan fingerprint density at radius 1 is 0.552 bits per heavy atom. The largest absolute Gasteiger partial charge is 0.368 e. The number of H-pyrrole nitrogens is 3. The van der Waals surface area contributed by atoms with E-state index < -0.39 is 17.1 Å². The Morgan fingerprint density at radius 3 is 1.10 bits per heavy atom.